The van der Waals surface area contributed by atoms with Gasteiger partial charge in [0, 0.05) is 6.42 Å². The summed E-state index contributed by atoms with van der Waals surface area (Å²) in [5, 5.41) is 0. The largest absolute Gasteiger partial charge is 0.493 e. The molecule has 3 nitrogen and oxygen atoms in total. The zero-order valence-corrected chi connectivity index (χ0v) is 12.0. The summed E-state index contributed by atoms with van der Waals surface area (Å²) < 4.78 is 5.27. The summed E-state index contributed by atoms with van der Waals surface area (Å²) in [4.78, 5) is 8.25. The lowest BCUT2D eigenvalue weighted by Crippen LogP contribution is -2.10. The van der Waals surface area contributed by atoms with Gasteiger partial charge in [-0.1, -0.05) is 45.0 Å². The Hall–Kier alpha value is -1.90. The van der Waals surface area contributed by atoms with Crippen LogP contribution in [0.15, 0.2) is 36.8 Å². The molecule has 1 aromatic heterocycles. The quantitative estimate of drug-likeness (QED) is 0.844. The van der Waals surface area contributed by atoms with Crippen molar-refractivity contribution in [1.29, 1.82) is 0 Å². The normalized spacial score (nSPS) is 11.4. The van der Waals surface area contributed by atoms with Crippen LogP contribution in [0, 0.1) is 0 Å². The number of rotatable bonds is 3. The van der Waals surface area contributed by atoms with Crippen molar-refractivity contribution in [2.75, 3.05) is 7.11 Å². The number of benzene rings is 1. The van der Waals surface area contributed by atoms with Gasteiger partial charge in [-0.25, -0.2) is 9.97 Å². The van der Waals surface area contributed by atoms with Gasteiger partial charge in [-0.15, -0.1) is 0 Å². The Morgan fingerprint density at radius 2 is 1.79 bits per heavy atom. The second-order valence-corrected chi connectivity index (χ2v) is 5.66. The molecule has 0 N–H and O–H groups in total. The van der Waals surface area contributed by atoms with E-state index < -0.39 is 0 Å². The fourth-order valence-electron chi connectivity index (χ4n) is 1.96. The van der Waals surface area contributed by atoms with Gasteiger partial charge in [0.15, 0.2) is 5.75 Å². The molecule has 100 valence electrons. The molecule has 0 fully saturated rings. The van der Waals surface area contributed by atoms with Gasteiger partial charge < -0.3 is 4.74 Å². The topological polar surface area (TPSA) is 35.0 Å². The molecule has 0 spiro atoms. The van der Waals surface area contributed by atoms with E-state index in [1.165, 1.54) is 11.1 Å². The van der Waals surface area contributed by atoms with Crippen LogP contribution in [0.2, 0.25) is 0 Å². The Morgan fingerprint density at radius 3 is 2.37 bits per heavy atom. The zero-order valence-electron chi connectivity index (χ0n) is 12.0. The van der Waals surface area contributed by atoms with Gasteiger partial charge in [0.25, 0.3) is 0 Å². The minimum Gasteiger partial charge on any atom is -0.493 e. The number of hydrogen-bond donors (Lipinski definition) is 0. The predicted octanol–water partition coefficient (Wildman–Crippen LogP) is 3.37. The van der Waals surface area contributed by atoms with Crippen molar-refractivity contribution >= 4 is 0 Å². The molecule has 0 radical (unpaired) electrons. The van der Waals surface area contributed by atoms with E-state index in [2.05, 4.69) is 55.0 Å². The van der Waals surface area contributed by atoms with Gasteiger partial charge in [0.2, 0.25) is 0 Å². The van der Waals surface area contributed by atoms with Gasteiger partial charge in [0.05, 0.1) is 19.0 Å². The van der Waals surface area contributed by atoms with Crippen LogP contribution in [0.5, 0.6) is 5.75 Å². The fourth-order valence-corrected chi connectivity index (χ4v) is 1.96. The molecule has 2 rings (SSSR count). The van der Waals surface area contributed by atoms with Crippen molar-refractivity contribution < 1.29 is 4.74 Å². The SMILES string of the molecule is COc1cncnc1Cc1ccc(C(C)(C)C)cc1. The smallest absolute Gasteiger partial charge is 0.158 e. The van der Waals surface area contributed by atoms with Crippen molar-refractivity contribution in [3.63, 3.8) is 0 Å². The van der Waals surface area contributed by atoms with Gasteiger partial charge in [-0.05, 0) is 16.5 Å². The highest BCUT2D eigenvalue weighted by atomic mass is 16.5. The van der Waals surface area contributed by atoms with Crippen LogP contribution < -0.4 is 4.74 Å². The van der Waals surface area contributed by atoms with E-state index in [4.69, 9.17) is 4.74 Å². The van der Waals surface area contributed by atoms with Crippen molar-refractivity contribution in [2.24, 2.45) is 0 Å². The van der Waals surface area contributed by atoms with E-state index in [-0.39, 0.29) is 5.41 Å². The van der Waals surface area contributed by atoms with Crippen molar-refractivity contribution in [3.8, 4) is 5.75 Å². The first kappa shape index (κ1) is 13.5. The van der Waals surface area contributed by atoms with Crippen LogP contribution >= 0.6 is 0 Å². The Labute approximate surface area is 114 Å². The molecule has 19 heavy (non-hydrogen) atoms. The lowest BCUT2D eigenvalue weighted by Gasteiger charge is -2.19. The summed E-state index contributed by atoms with van der Waals surface area (Å²) in [5.74, 6) is 0.738. The summed E-state index contributed by atoms with van der Waals surface area (Å²) in [5.41, 5.74) is 3.67. The number of aromatic nitrogens is 2. The second kappa shape index (κ2) is 5.39. The van der Waals surface area contributed by atoms with Crippen LogP contribution in [0.1, 0.15) is 37.6 Å². The Bertz CT molecular complexity index is 541. The molecular weight excluding hydrogens is 236 g/mol. The first-order valence-electron chi connectivity index (χ1n) is 6.43. The molecule has 1 aromatic carbocycles. The van der Waals surface area contributed by atoms with Crippen LogP contribution in [0.3, 0.4) is 0 Å². The Morgan fingerprint density at radius 1 is 1.11 bits per heavy atom. The van der Waals surface area contributed by atoms with Crippen LogP contribution in [0.4, 0.5) is 0 Å². The summed E-state index contributed by atoms with van der Waals surface area (Å²) in [6.07, 6.45) is 4.02. The average Bonchev–Trinajstić information content (AvgIpc) is 2.39. The minimum absolute atomic E-state index is 0.186. The summed E-state index contributed by atoms with van der Waals surface area (Å²) >= 11 is 0. The van der Waals surface area contributed by atoms with Gasteiger partial charge in [-0.2, -0.15) is 0 Å². The van der Waals surface area contributed by atoms with Crippen LogP contribution in [0.25, 0.3) is 0 Å². The Balaban J connectivity index is 2.20. The molecular formula is C16H20N2O. The molecule has 0 aliphatic carbocycles. The fraction of sp³-hybridized carbons (Fsp3) is 0.375. The predicted molar refractivity (Wildman–Crippen MR) is 76.5 cm³/mol. The summed E-state index contributed by atoms with van der Waals surface area (Å²) in [6.45, 7) is 6.65. The van der Waals surface area contributed by atoms with Gasteiger partial charge in [-0.3, -0.25) is 0 Å². The van der Waals surface area contributed by atoms with Crippen molar-refractivity contribution in [1.82, 2.24) is 9.97 Å². The molecule has 0 saturated heterocycles. The third-order valence-electron chi connectivity index (χ3n) is 3.17. The molecule has 0 bridgehead atoms. The molecule has 0 aliphatic heterocycles. The van der Waals surface area contributed by atoms with E-state index >= 15 is 0 Å². The zero-order chi connectivity index (χ0) is 13.9. The van der Waals surface area contributed by atoms with Crippen LogP contribution in [-0.2, 0) is 11.8 Å². The number of ether oxygens (including phenoxy) is 1. The standard InChI is InChI=1S/C16H20N2O/c1-16(2,3)13-7-5-12(6-8-13)9-14-15(19-4)10-17-11-18-14/h5-8,10-11H,9H2,1-4H3. The number of nitrogens with zero attached hydrogens (tertiary/aromatic N) is 2. The molecule has 0 amide bonds. The molecule has 0 atom stereocenters. The molecule has 0 aliphatic rings. The Kier molecular flexibility index (Phi) is 3.84. The first-order chi connectivity index (χ1) is 9.00. The molecule has 2 aromatic rings. The van der Waals surface area contributed by atoms with Crippen molar-refractivity contribution in [2.45, 2.75) is 32.6 Å². The van der Waals surface area contributed by atoms with E-state index in [0.29, 0.717) is 0 Å². The number of hydrogen-bond acceptors (Lipinski definition) is 3. The third-order valence-corrected chi connectivity index (χ3v) is 3.17. The van der Waals surface area contributed by atoms with E-state index in [0.717, 1.165) is 17.9 Å². The highest BCUT2D eigenvalue weighted by Gasteiger charge is 2.13. The second-order valence-electron chi connectivity index (χ2n) is 5.66. The highest BCUT2D eigenvalue weighted by molar-refractivity contribution is 5.33. The maximum absolute atomic E-state index is 5.27. The lowest BCUT2D eigenvalue weighted by molar-refractivity contribution is 0.405. The van der Waals surface area contributed by atoms with E-state index in [1.54, 1.807) is 19.6 Å². The van der Waals surface area contributed by atoms with Crippen molar-refractivity contribution in [3.05, 3.63) is 53.6 Å². The first-order valence-corrected chi connectivity index (χ1v) is 6.43. The third kappa shape index (κ3) is 3.31. The van der Waals surface area contributed by atoms with Gasteiger partial charge >= 0.3 is 0 Å². The van der Waals surface area contributed by atoms with E-state index in [9.17, 15) is 0 Å². The maximum atomic E-state index is 5.27. The molecule has 1 heterocycles. The summed E-state index contributed by atoms with van der Waals surface area (Å²) in [7, 11) is 1.64. The maximum Gasteiger partial charge on any atom is 0.158 e. The monoisotopic (exact) mass is 256 g/mol. The molecule has 0 saturated carbocycles. The highest BCUT2D eigenvalue weighted by Crippen LogP contribution is 2.23. The molecule has 0 unspecified atom stereocenters. The lowest BCUT2D eigenvalue weighted by atomic mass is 9.86. The van der Waals surface area contributed by atoms with Gasteiger partial charge in [0.1, 0.15) is 6.33 Å². The molecule has 3 heteroatoms. The van der Waals surface area contributed by atoms with Crippen LogP contribution in [-0.4, -0.2) is 17.1 Å². The average molecular weight is 256 g/mol. The van der Waals surface area contributed by atoms with E-state index in [1.807, 2.05) is 0 Å². The number of methoxy groups -OCH3 is 1. The minimum atomic E-state index is 0.186. The summed E-state index contributed by atoms with van der Waals surface area (Å²) in [6, 6.07) is 8.68.